The summed E-state index contributed by atoms with van der Waals surface area (Å²) in [6.45, 7) is 0.408. The molecule has 0 saturated heterocycles. The molecule has 8 heteroatoms. The lowest BCUT2D eigenvalue weighted by Gasteiger charge is -2.25. The number of carbonyl (C=O) groups is 1. The van der Waals surface area contributed by atoms with E-state index in [2.05, 4.69) is 22.6 Å². The van der Waals surface area contributed by atoms with E-state index in [0.717, 1.165) is 43.7 Å². The van der Waals surface area contributed by atoms with E-state index < -0.39 is 0 Å². The molecule has 1 aliphatic rings. The second kappa shape index (κ2) is 12.4. The maximum atomic E-state index is 13.6. The molecule has 5 rings (SSSR count). The Kier molecular flexibility index (Phi) is 8.54. The van der Waals surface area contributed by atoms with Gasteiger partial charge >= 0.3 is 0 Å². The number of amides is 1. The summed E-state index contributed by atoms with van der Waals surface area (Å²) in [6, 6.07) is 25.9. The van der Waals surface area contributed by atoms with Gasteiger partial charge in [0.2, 0.25) is 0 Å². The van der Waals surface area contributed by atoms with Crippen LogP contribution in [0.25, 0.3) is 0 Å². The molecule has 3 aromatic carbocycles. The lowest BCUT2D eigenvalue weighted by Crippen LogP contribution is -2.25. The van der Waals surface area contributed by atoms with Crippen LogP contribution < -0.4 is 14.8 Å². The number of rotatable bonds is 9. The van der Waals surface area contributed by atoms with Crippen LogP contribution in [-0.2, 0) is 18.7 Å². The number of hydrogen-bond acceptors (Lipinski definition) is 7. The molecule has 39 heavy (non-hydrogen) atoms. The van der Waals surface area contributed by atoms with E-state index in [-0.39, 0.29) is 11.8 Å². The summed E-state index contributed by atoms with van der Waals surface area (Å²) >= 11 is 3.17. The number of fused-ring (bicyclic) bond motifs is 1. The number of carbonyl (C=O) groups excluding carboxylic acids is 1. The third kappa shape index (κ3) is 6.13. The highest BCUT2D eigenvalue weighted by molar-refractivity contribution is 8.00. The molecular formula is C31H30N2O4S2. The predicted octanol–water partition coefficient (Wildman–Crippen LogP) is 6.90. The van der Waals surface area contributed by atoms with Crippen molar-refractivity contribution in [1.29, 1.82) is 0 Å². The number of benzene rings is 3. The number of thioether (sulfide) groups is 1. The van der Waals surface area contributed by atoms with Crippen LogP contribution in [0.4, 0.5) is 0 Å². The summed E-state index contributed by atoms with van der Waals surface area (Å²) in [5.41, 5.74) is 5.78. The van der Waals surface area contributed by atoms with Crippen molar-refractivity contribution in [3.63, 3.8) is 0 Å². The van der Waals surface area contributed by atoms with Crippen LogP contribution in [0.3, 0.4) is 0 Å². The van der Waals surface area contributed by atoms with Gasteiger partial charge in [-0.25, -0.2) is 0 Å². The van der Waals surface area contributed by atoms with Gasteiger partial charge in [0.15, 0.2) is 0 Å². The third-order valence-corrected chi connectivity index (χ3v) is 9.47. The monoisotopic (exact) mass is 558 g/mol. The van der Waals surface area contributed by atoms with E-state index in [4.69, 9.17) is 9.47 Å². The van der Waals surface area contributed by atoms with Gasteiger partial charge in [0.1, 0.15) is 11.5 Å². The molecule has 0 spiro atoms. The van der Waals surface area contributed by atoms with Gasteiger partial charge in [-0.15, -0.1) is 23.1 Å². The smallest absolute Gasteiger partial charge is 0.261 e. The topological polar surface area (TPSA) is 80.2 Å². The molecule has 0 aliphatic heterocycles. The molecule has 1 aromatic heterocycles. The fourth-order valence-corrected chi connectivity index (χ4v) is 7.34. The van der Waals surface area contributed by atoms with Crippen molar-refractivity contribution in [2.45, 2.75) is 35.3 Å². The Morgan fingerprint density at radius 3 is 2.26 bits per heavy atom. The standard InChI is InChI=1S/C31H30N2O4S2/c1-36-24-12-8-20(9-13-24)18-32-30(34)29-26-16-23(22-10-14-25(37-2)15-11-22)17-27(33-35)28(26)31(39-29)38-19-21-6-4-3-5-7-21/h3-15,23,35H,16-19H2,1-2H3,(H,32,34)/b33-27+. The van der Waals surface area contributed by atoms with Crippen LogP contribution >= 0.6 is 23.1 Å². The van der Waals surface area contributed by atoms with Gasteiger partial charge < -0.3 is 20.0 Å². The molecule has 0 bridgehead atoms. The van der Waals surface area contributed by atoms with Crippen LogP contribution in [-0.4, -0.2) is 31.0 Å². The molecule has 0 saturated carbocycles. The van der Waals surface area contributed by atoms with Crippen molar-refractivity contribution >= 4 is 34.7 Å². The maximum absolute atomic E-state index is 13.6. The van der Waals surface area contributed by atoms with Crippen LogP contribution in [0.1, 0.15) is 49.8 Å². The van der Waals surface area contributed by atoms with E-state index >= 15 is 0 Å². The largest absolute Gasteiger partial charge is 0.497 e. The van der Waals surface area contributed by atoms with Crippen molar-refractivity contribution in [3.8, 4) is 11.5 Å². The highest BCUT2D eigenvalue weighted by Gasteiger charge is 2.34. The molecule has 0 radical (unpaired) electrons. The predicted molar refractivity (Wildman–Crippen MR) is 157 cm³/mol. The molecule has 1 amide bonds. The van der Waals surface area contributed by atoms with Crippen molar-refractivity contribution < 1.29 is 19.5 Å². The lowest BCUT2D eigenvalue weighted by atomic mass is 9.80. The van der Waals surface area contributed by atoms with Gasteiger partial charge in [-0.2, -0.15) is 0 Å². The second-order valence-electron chi connectivity index (χ2n) is 9.30. The number of oxime groups is 1. The number of hydrogen-bond donors (Lipinski definition) is 2. The Labute approximate surface area is 236 Å². The summed E-state index contributed by atoms with van der Waals surface area (Å²) < 4.78 is 11.6. The zero-order valence-electron chi connectivity index (χ0n) is 21.8. The first-order chi connectivity index (χ1) is 19.1. The highest BCUT2D eigenvalue weighted by atomic mass is 32.2. The number of nitrogens with zero attached hydrogens (tertiary/aromatic N) is 1. The average Bonchev–Trinajstić information content (AvgIpc) is 3.38. The first-order valence-corrected chi connectivity index (χ1v) is 14.5. The molecule has 6 nitrogen and oxygen atoms in total. The van der Waals surface area contributed by atoms with Gasteiger partial charge in [0, 0.05) is 24.3 Å². The first-order valence-electron chi connectivity index (χ1n) is 12.7. The first kappa shape index (κ1) is 26.8. The SMILES string of the molecule is COc1ccc(CNC(=O)c2sc(SCc3ccccc3)c3c2CC(c2ccc(OC)cc2)C/C3=N\O)cc1. The van der Waals surface area contributed by atoms with Crippen molar-refractivity contribution in [2.75, 3.05) is 14.2 Å². The Morgan fingerprint density at radius 1 is 0.949 bits per heavy atom. The number of ether oxygens (including phenoxy) is 2. The van der Waals surface area contributed by atoms with Crippen molar-refractivity contribution in [1.82, 2.24) is 5.32 Å². The minimum atomic E-state index is -0.119. The Hall–Kier alpha value is -3.75. The molecule has 200 valence electrons. The minimum absolute atomic E-state index is 0.0871. The van der Waals surface area contributed by atoms with Crippen molar-refractivity contribution in [2.24, 2.45) is 5.16 Å². The zero-order chi connectivity index (χ0) is 27.2. The normalized spacial score (nSPS) is 15.5. The molecule has 1 aliphatic carbocycles. The fourth-order valence-electron chi connectivity index (χ4n) is 4.80. The summed E-state index contributed by atoms with van der Waals surface area (Å²) in [5, 5.41) is 16.9. The van der Waals surface area contributed by atoms with Crippen molar-refractivity contribution in [3.05, 3.63) is 112 Å². The molecular weight excluding hydrogens is 528 g/mol. The van der Waals surface area contributed by atoms with E-state index in [1.54, 1.807) is 26.0 Å². The maximum Gasteiger partial charge on any atom is 0.261 e. The number of methoxy groups -OCH3 is 2. The number of thiophene rings is 1. The van der Waals surface area contributed by atoms with E-state index in [1.165, 1.54) is 16.9 Å². The molecule has 1 unspecified atom stereocenters. The fraction of sp³-hybridized carbons (Fsp3) is 0.226. The van der Waals surface area contributed by atoms with Gasteiger partial charge in [0.25, 0.3) is 5.91 Å². The summed E-state index contributed by atoms with van der Waals surface area (Å²) in [5.74, 6) is 2.30. The Bertz CT molecular complexity index is 1450. The highest BCUT2D eigenvalue weighted by Crippen LogP contribution is 2.45. The minimum Gasteiger partial charge on any atom is -0.497 e. The van der Waals surface area contributed by atoms with Crippen LogP contribution in [0.15, 0.2) is 88.2 Å². The van der Waals surface area contributed by atoms with Crippen LogP contribution in [0.5, 0.6) is 11.5 Å². The Balaban J connectivity index is 1.45. The molecule has 0 fully saturated rings. The van der Waals surface area contributed by atoms with Gasteiger partial charge in [0.05, 0.1) is 29.0 Å². The summed E-state index contributed by atoms with van der Waals surface area (Å²) in [4.78, 5) is 14.2. The Morgan fingerprint density at radius 2 is 1.62 bits per heavy atom. The molecule has 1 heterocycles. The van der Waals surface area contributed by atoms with Gasteiger partial charge in [-0.05, 0) is 58.9 Å². The molecule has 1 atom stereocenters. The quantitative estimate of drug-likeness (QED) is 0.133. The van der Waals surface area contributed by atoms with Gasteiger partial charge in [-0.3, -0.25) is 4.79 Å². The van der Waals surface area contributed by atoms with Gasteiger partial charge in [-0.1, -0.05) is 59.8 Å². The lowest BCUT2D eigenvalue weighted by molar-refractivity contribution is 0.0954. The molecule has 2 N–H and O–H groups in total. The third-order valence-electron chi connectivity index (χ3n) is 6.89. The molecule has 4 aromatic rings. The summed E-state index contributed by atoms with van der Waals surface area (Å²) in [6.07, 6.45) is 1.28. The summed E-state index contributed by atoms with van der Waals surface area (Å²) in [7, 11) is 3.28. The van der Waals surface area contributed by atoms with E-state index in [9.17, 15) is 10.0 Å². The average molecular weight is 559 g/mol. The van der Waals surface area contributed by atoms with E-state index in [0.29, 0.717) is 30.0 Å². The van der Waals surface area contributed by atoms with Crippen LogP contribution in [0.2, 0.25) is 0 Å². The number of nitrogens with one attached hydrogen (secondary N) is 1. The second-order valence-corrected chi connectivity index (χ2v) is 11.6. The van der Waals surface area contributed by atoms with Crippen LogP contribution in [0, 0.1) is 0 Å². The zero-order valence-corrected chi connectivity index (χ0v) is 23.5. The van der Waals surface area contributed by atoms with E-state index in [1.807, 2.05) is 66.7 Å².